The highest BCUT2D eigenvalue weighted by Crippen LogP contribution is 2.27. The van der Waals surface area contributed by atoms with E-state index in [-0.39, 0.29) is 23.3 Å². The molecule has 1 atom stereocenters. The third kappa shape index (κ3) is 6.44. The van der Waals surface area contributed by atoms with Crippen LogP contribution in [-0.4, -0.2) is 31.2 Å². The van der Waals surface area contributed by atoms with Crippen molar-refractivity contribution in [3.05, 3.63) is 75.6 Å². The molecule has 0 N–H and O–H groups in total. The summed E-state index contributed by atoms with van der Waals surface area (Å²) in [6.45, 7) is 11.1. The smallest absolute Gasteiger partial charge is 0.270 e. The van der Waals surface area contributed by atoms with Gasteiger partial charge in [-0.15, -0.1) is 10.2 Å². The molecule has 3 rings (SSSR count). The number of rotatable bonds is 11. The minimum Gasteiger partial charge on any atom is -0.483 e. The summed E-state index contributed by atoms with van der Waals surface area (Å²) in [6, 6.07) is 13.8. The van der Waals surface area contributed by atoms with Gasteiger partial charge in [0.15, 0.2) is 22.9 Å². The van der Waals surface area contributed by atoms with Crippen LogP contribution in [0.4, 0.5) is 5.69 Å². The topological polar surface area (TPSA) is 100 Å². The Morgan fingerprint density at radius 3 is 2.41 bits per heavy atom. The Kier molecular flexibility index (Phi) is 8.44. The summed E-state index contributed by atoms with van der Waals surface area (Å²) in [6.07, 6.45) is -0.335. The summed E-state index contributed by atoms with van der Waals surface area (Å²) in [4.78, 5) is 23.2. The molecule has 34 heavy (non-hydrogen) atoms. The Morgan fingerprint density at radius 1 is 1.09 bits per heavy atom. The molecule has 0 fully saturated rings. The van der Waals surface area contributed by atoms with Crippen molar-refractivity contribution in [3.8, 4) is 5.75 Å². The van der Waals surface area contributed by atoms with Crippen LogP contribution < -0.4 is 4.74 Å². The zero-order chi connectivity index (χ0) is 24.8. The zero-order valence-electron chi connectivity index (χ0n) is 20.1. The van der Waals surface area contributed by atoms with Gasteiger partial charge < -0.3 is 9.30 Å². The molecule has 0 saturated heterocycles. The fourth-order valence-corrected chi connectivity index (χ4v) is 4.29. The number of nitrogens with zero attached hydrogens (tertiary/aromatic N) is 4. The Hall–Kier alpha value is -3.20. The lowest BCUT2D eigenvalue weighted by atomic mass is 10.0. The van der Waals surface area contributed by atoms with Gasteiger partial charge in [0.2, 0.25) is 0 Å². The molecule has 180 valence electrons. The van der Waals surface area contributed by atoms with Gasteiger partial charge in [-0.2, -0.15) is 0 Å². The predicted molar refractivity (Wildman–Crippen MR) is 133 cm³/mol. The van der Waals surface area contributed by atoms with Crippen molar-refractivity contribution in [1.29, 1.82) is 0 Å². The maximum absolute atomic E-state index is 12.7. The van der Waals surface area contributed by atoms with E-state index < -0.39 is 4.92 Å². The van der Waals surface area contributed by atoms with E-state index in [0.717, 1.165) is 5.75 Å². The Morgan fingerprint density at radius 2 is 1.79 bits per heavy atom. The monoisotopic (exact) mass is 482 g/mol. The number of thioether (sulfide) groups is 1. The molecule has 0 spiro atoms. The van der Waals surface area contributed by atoms with Crippen LogP contribution >= 0.6 is 11.8 Å². The predicted octanol–water partition coefficient (Wildman–Crippen LogP) is 6.08. The lowest BCUT2D eigenvalue weighted by Gasteiger charge is -2.18. The van der Waals surface area contributed by atoms with E-state index in [2.05, 4.69) is 50.0 Å². The largest absolute Gasteiger partial charge is 0.483 e. The molecule has 1 heterocycles. The standard InChI is InChI=1S/C25H30N4O4S/c1-16(2)14-28-24(18(5)33-22-11-9-19(10-12-22)17(3)4)26-27-25(28)34-15-23(30)20-7-6-8-21(13-20)29(31)32/h6-13,16-18H,14-15H2,1-5H3. The van der Waals surface area contributed by atoms with Gasteiger partial charge in [0.25, 0.3) is 5.69 Å². The number of Topliss-reactive ketones (excluding diaryl/α,β-unsaturated/α-hetero) is 1. The van der Waals surface area contributed by atoms with E-state index in [1.165, 1.54) is 35.5 Å². The van der Waals surface area contributed by atoms with E-state index in [0.29, 0.717) is 34.9 Å². The number of carbonyl (C=O) groups is 1. The van der Waals surface area contributed by atoms with Gasteiger partial charge in [0, 0.05) is 24.2 Å². The Labute approximate surface area is 203 Å². The Bertz CT molecular complexity index is 1140. The molecule has 0 aliphatic carbocycles. The highest BCUT2D eigenvalue weighted by atomic mass is 32.2. The highest BCUT2D eigenvalue weighted by molar-refractivity contribution is 7.99. The van der Waals surface area contributed by atoms with Crippen molar-refractivity contribution in [3.63, 3.8) is 0 Å². The molecule has 2 aromatic carbocycles. The van der Waals surface area contributed by atoms with Gasteiger partial charge in [-0.25, -0.2) is 0 Å². The molecule has 8 nitrogen and oxygen atoms in total. The van der Waals surface area contributed by atoms with E-state index in [1.54, 1.807) is 6.07 Å². The number of non-ortho nitro benzene ring substituents is 1. The van der Waals surface area contributed by atoms with Gasteiger partial charge in [-0.05, 0) is 36.5 Å². The van der Waals surface area contributed by atoms with Crippen LogP contribution in [0.2, 0.25) is 0 Å². The van der Waals surface area contributed by atoms with Crippen molar-refractivity contribution in [1.82, 2.24) is 14.8 Å². The maximum atomic E-state index is 12.7. The fraction of sp³-hybridized carbons (Fsp3) is 0.400. The molecule has 0 aliphatic rings. The first-order valence-electron chi connectivity index (χ1n) is 11.3. The quantitative estimate of drug-likeness (QED) is 0.141. The van der Waals surface area contributed by atoms with Crippen molar-refractivity contribution in [2.45, 2.75) is 58.3 Å². The van der Waals surface area contributed by atoms with Gasteiger partial charge >= 0.3 is 0 Å². The number of hydrogen-bond acceptors (Lipinski definition) is 7. The lowest BCUT2D eigenvalue weighted by Crippen LogP contribution is -2.15. The van der Waals surface area contributed by atoms with E-state index in [9.17, 15) is 14.9 Å². The van der Waals surface area contributed by atoms with Crippen molar-refractivity contribution in [2.24, 2.45) is 5.92 Å². The van der Waals surface area contributed by atoms with Crippen LogP contribution in [-0.2, 0) is 6.54 Å². The molecule has 9 heteroatoms. The second kappa shape index (κ2) is 11.3. The van der Waals surface area contributed by atoms with Crippen LogP contribution in [0.1, 0.15) is 68.4 Å². The normalized spacial score (nSPS) is 12.2. The third-order valence-corrected chi connectivity index (χ3v) is 6.19. The number of hydrogen-bond donors (Lipinski definition) is 0. The molecule has 3 aromatic rings. The van der Waals surface area contributed by atoms with E-state index >= 15 is 0 Å². The second-order valence-electron chi connectivity index (χ2n) is 8.85. The molecular weight excluding hydrogens is 452 g/mol. The van der Waals surface area contributed by atoms with Crippen molar-refractivity contribution < 1.29 is 14.5 Å². The summed E-state index contributed by atoms with van der Waals surface area (Å²) < 4.78 is 8.13. The molecule has 0 radical (unpaired) electrons. The highest BCUT2D eigenvalue weighted by Gasteiger charge is 2.22. The van der Waals surface area contributed by atoms with Gasteiger partial charge in [-0.3, -0.25) is 14.9 Å². The Balaban J connectivity index is 1.74. The van der Waals surface area contributed by atoms with Crippen LogP contribution in [0, 0.1) is 16.0 Å². The summed E-state index contributed by atoms with van der Waals surface area (Å²) in [5.74, 6) is 2.12. The summed E-state index contributed by atoms with van der Waals surface area (Å²) in [7, 11) is 0. The summed E-state index contributed by atoms with van der Waals surface area (Å²) in [5, 5.41) is 20.3. The summed E-state index contributed by atoms with van der Waals surface area (Å²) >= 11 is 1.27. The first-order chi connectivity index (χ1) is 16.2. The van der Waals surface area contributed by atoms with Gasteiger partial charge in [-0.1, -0.05) is 63.7 Å². The first kappa shape index (κ1) is 25.4. The number of ketones is 1. The number of ether oxygens (including phenoxy) is 1. The van der Waals surface area contributed by atoms with Crippen LogP contribution in [0.15, 0.2) is 53.7 Å². The third-order valence-electron chi connectivity index (χ3n) is 5.23. The fourth-order valence-electron chi connectivity index (χ4n) is 3.44. The number of benzene rings is 2. The average Bonchev–Trinajstić information content (AvgIpc) is 3.19. The minimum absolute atomic E-state index is 0.100. The zero-order valence-corrected chi connectivity index (χ0v) is 20.9. The molecular formula is C25H30N4O4S. The molecule has 0 saturated carbocycles. The minimum atomic E-state index is -0.507. The van der Waals surface area contributed by atoms with E-state index in [1.807, 2.05) is 23.6 Å². The van der Waals surface area contributed by atoms with E-state index in [4.69, 9.17) is 4.74 Å². The first-order valence-corrected chi connectivity index (χ1v) is 12.2. The molecule has 1 aromatic heterocycles. The number of carbonyl (C=O) groups excluding carboxylic acids is 1. The molecule has 1 unspecified atom stereocenters. The second-order valence-corrected chi connectivity index (χ2v) is 9.79. The van der Waals surface area contributed by atoms with Crippen molar-refractivity contribution in [2.75, 3.05) is 5.75 Å². The summed E-state index contributed by atoms with van der Waals surface area (Å²) in [5.41, 5.74) is 1.45. The van der Waals surface area contributed by atoms with Gasteiger partial charge in [0.05, 0.1) is 10.7 Å². The maximum Gasteiger partial charge on any atom is 0.270 e. The van der Waals surface area contributed by atoms with Crippen molar-refractivity contribution >= 4 is 23.2 Å². The van der Waals surface area contributed by atoms with Crippen LogP contribution in [0.25, 0.3) is 0 Å². The number of nitro groups is 1. The average molecular weight is 483 g/mol. The SMILES string of the molecule is CC(C)Cn1c(SCC(=O)c2cccc([N+](=O)[O-])c2)nnc1C(C)Oc1ccc(C(C)C)cc1. The van der Waals surface area contributed by atoms with Gasteiger partial charge in [0.1, 0.15) is 5.75 Å². The molecule has 0 bridgehead atoms. The molecule has 0 aliphatic heterocycles. The molecule has 0 amide bonds. The number of aromatic nitrogens is 3. The van der Waals surface area contributed by atoms with Crippen LogP contribution in [0.5, 0.6) is 5.75 Å². The van der Waals surface area contributed by atoms with Crippen LogP contribution in [0.3, 0.4) is 0 Å². The number of nitro benzene ring substituents is 1. The lowest BCUT2D eigenvalue weighted by molar-refractivity contribution is -0.384.